The predicted molar refractivity (Wildman–Crippen MR) is 63.6 cm³/mol. The summed E-state index contributed by atoms with van der Waals surface area (Å²) in [6.07, 6.45) is 2.65. The van der Waals surface area contributed by atoms with Crippen LogP contribution in [0.4, 0.5) is 0 Å². The third-order valence-corrected chi connectivity index (χ3v) is 3.51. The van der Waals surface area contributed by atoms with Crippen LogP contribution in [-0.4, -0.2) is 24.2 Å². The van der Waals surface area contributed by atoms with Crippen LogP contribution >= 0.6 is 0 Å². The highest BCUT2D eigenvalue weighted by molar-refractivity contribution is 5.39. The number of benzene rings is 1. The van der Waals surface area contributed by atoms with Crippen molar-refractivity contribution in [3.8, 4) is 5.75 Å². The quantitative estimate of drug-likeness (QED) is 0.717. The van der Waals surface area contributed by atoms with Gasteiger partial charge in [-0.3, -0.25) is 0 Å². The van der Waals surface area contributed by atoms with Gasteiger partial charge in [-0.25, -0.2) is 0 Å². The van der Waals surface area contributed by atoms with Gasteiger partial charge in [-0.15, -0.1) is 0 Å². The van der Waals surface area contributed by atoms with Crippen LogP contribution in [0.3, 0.4) is 0 Å². The molecule has 1 aromatic rings. The summed E-state index contributed by atoms with van der Waals surface area (Å²) in [5.41, 5.74) is 2.64. The van der Waals surface area contributed by atoms with Crippen LogP contribution in [0.1, 0.15) is 29.9 Å². The van der Waals surface area contributed by atoms with Gasteiger partial charge in [0.05, 0.1) is 0 Å². The topological polar surface area (TPSA) is 44.3 Å². The Morgan fingerprint density at radius 2 is 2.25 bits per heavy atom. The normalized spacial score (nSPS) is 24.1. The molecular weight excluding hydrogens is 200 g/mol. The highest BCUT2D eigenvalue weighted by Gasteiger charge is 2.25. The molecule has 1 heterocycles. The molecule has 1 aromatic carbocycles. The minimum Gasteiger partial charge on any atom is -0.508 e. The Bertz CT molecular complexity index is 388. The van der Waals surface area contributed by atoms with Gasteiger partial charge in [0.2, 0.25) is 0 Å². The zero-order chi connectivity index (χ0) is 11.0. The summed E-state index contributed by atoms with van der Waals surface area (Å²) < 4.78 is 0. The molecule has 1 atom stereocenters. The Morgan fingerprint density at radius 3 is 3.06 bits per heavy atom. The zero-order valence-corrected chi connectivity index (χ0v) is 9.37. The highest BCUT2D eigenvalue weighted by Crippen LogP contribution is 2.28. The second-order valence-corrected chi connectivity index (χ2v) is 4.89. The van der Waals surface area contributed by atoms with Crippen LogP contribution in [0.2, 0.25) is 0 Å². The molecule has 0 saturated heterocycles. The Morgan fingerprint density at radius 1 is 1.38 bits per heavy atom. The molecule has 1 fully saturated rings. The van der Waals surface area contributed by atoms with Gasteiger partial charge in [0.15, 0.2) is 0 Å². The van der Waals surface area contributed by atoms with E-state index in [1.54, 1.807) is 6.07 Å². The maximum atomic E-state index is 9.55. The van der Waals surface area contributed by atoms with Gasteiger partial charge < -0.3 is 15.7 Å². The number of phenols is 1. The molecule has 86 valence electrons. The van der Waals surface area contributed by atoms with Gasteiger partial charge in [0, 0.05) is 31.6 Å². The van der Waals surface area contributed by atoms with Crippen LogP contribution in [0.5, 0.6) is 5.75 Å². The molecule has 3 nitrogen and oxygen atoms in total. The van der Waals surface area contributed by atoms with Gasteiger partial charge in [0.1, 0.15) is 5.75 Å². The standard InChI is InChI=1S/C13H18N2O/c16-12-4-1-9-6-14-7-10(13(9)5-12)8-15-11-2-3-11/h1,4-5,10-11,14-16H,2-3,6-8H2. The first-order valence-corrected chi connectivity index (χ1v) is 6.09. The molecule has 2 aliphatic rings. The van der Waals surface area contributed by atoms with E-state index >= 15 is 0 Å². The molecule has 0 spiro atoms. The van der Waals surface area contributed by atoms with E-state index in [0.29, 0.717) is 11.7 Å². The van der Waals surface area contributed by atoms with E-state index in [4.69, 9.17) is 0 Å². The van der Waals surface area contributed by atoms with Crippen molar-refractivity contribution >= 4 is 0 Å². The Kier molecular flexibility index (Phi) is 2.58. The number of rotatable bonds is 3. The molecule has 0 amide bonds. The van der Waals surface area contributed by atoms with E-state index in [-0.39, 0.29) is 0 Å². The van der Waals surface area contributed by atoms with Gasteiger partial charge >= 0.3 is 0 Å². The highest BCUT2D eigenvalue weighted by atomic mass is 16.3. The second-order valence-electron chi connectivity index (χ2n) is 4.89. The van der Waals surface area contributed by atoms with Gasteiger partial charge in [-0.1, -0.05) is 6.07 Å². The fourth-order valence-corrected chi connectivity index (χ4v) is 2.39. The van der Waals surface area contributed by atoms with Gasteiger partial charge in [0.25, 0.3) is 0 Å². The Labute approximate surface area is 95.9 Å². The maximum Gasteiger partial charge on any atom is 0.115 e. The molecule has 1 unspecified atom stereocenters. The summed E-state index contributed by atoms with van der Waals surface area (Å²) >= 11 is 0. The molecule has 0 aromatic heterocycles. The number of aromatic hydroxyl groups is 1. The molecule has 0 bridgehead atoms. The minimum absolute atomic E-state index is 0.386. The number of nitrogens with one attached hydrogen (secondary N) is 2. The van der Waals surface area contributed by atoms with E-state index in [0.717, 1.165) is 25.7 Å². The number of hydrogen-bond acceptors (Lipinski definition) is 3. The van der Waals surface area contributed by atoms with E-state index < -0.39 is 0 Å². The number of phenolic OH excluding ortho intramolecular Hbond substituents is 1. The largest absolute Gasteiger partial charge is 0.508 e. The fraction of sp³-hybridized carbons (Fsp3) is 0.538. The zero-order valence-electron chi connectivity index (χ0n) is 9.37. The molecule has 3 heteroatoms. The lowest BCUT2D eigenvalue weighted by molar-refractivity contribution is 0.465. The number of fused-ring (bicyclic) bond motifs is 1. The second kappa shape index (κ2) is 4.07. The summed E-state index contributed by atoms with van der Waals surface area (Å²) in [7, 11) is 0. The van der Waals surface area contributed by atoms with E-state index in [9.17, 15) is 5.11 Å². The first kappa shape index (κ1) is 10.1. The average Bonchev–Trinajstić information content (AvgIpc) is 3.10. The first-order chi connectivity index (χ1) is 7.83. The molecule has 3 N–H and O–H groups in total. The third-order valence-electron chi connectivity index (χ3n) is 3.51. The molecule has 1 aliphatic heterocycles. The molecule has 0 radical (unpaired) electrons. The van der Waals surface area contributed by atoms with Gasteiger partial charge in [-0.05, 0) is 36.1 Å². The van der Waals surface area contributed by atoms with Crippen molar-refractivity contribution in [2.24, 2.45) is 0 Å². The predicted octanol–water partition coefficient (Wildman–Crippen LogP) is 1.33. The third kappa shape index (κ3) is 2.06. The average molecular weight is 218 g/mol. The van der Waals surface area contributed by atoms with E-state index in [1.165, 1.54) is 24.0 Å². The van der Waals surface area contributed by atoms with Crippen molar-refractivity contribution in [2.45, 2.75) is 31.3 Å². The summed E-state index contributed by atoms with van der Waals surface area (Å²) in [6, 6.07) is 6.48. The summed E-state index contributed by atoms with van der Waals surface area (Å²) in [6.45, 7) is 2.96. The van der Waals surface area contributed by atoms with Crippen molar-refractivity contribution < 1.29 is 5.11 Å². The van der Waals surface area contributed by atoms with Crippen molar-refractivity contribution in [2.75, 3.05) is 13.1 Å². The van der Waals surface area contributed by atoms with E-state index in [1.807, 2.05) is 12.1 Å². The van der Waals surface area contributed by atoms with Crippen molar-refractivity contribution in [1.82, 2.24) is 10.6 Å². The molecular formula is C13H18N2O. The van der Waals surface area contributed by atoms with Crippen LogP contribution in [0, 0.1) is 0 Å². The Balaban J connectivity index is 1.77. The molecule has 1 aliphatic carbocycles. The number of hydrogen-bond donors (Lipinski definition) is 3. The lowest BCUT2D eigenvalue weighted by atomic mass is 9.90. The molecule has 3 rings (SSSR count). The van der Waals surface area contributed by atoms with Crippen molar-refractivity contribution in [3.05, 3.63) is 29.3 Å². The van der Waals surface area contributed by atoms with Crippen molar-refractivity contribution in [3.63, 3.8) is 0 Å². The van der Waals surface area contributed by atoms with Crippen LogP contribution in [0.15, 0.2) is 18.2 Å². The Hall–Kier alpha value is -1.06. The lowest BCUT2D eigenvalue weighted by Gasteiger charge is -2.26. The maximum absolute atomic E-state index is 9.55. The minimum atomic E-state index is 0.386. The molecule has 1 saturated carbocycles. The van der Waals surface area contributed by atoms with Crippen LogP contribution in [-0.2, 0) is 6.54 Å². The van der Waals surface area contributed by atoms with Gasteiger partial charge in [-0.2, -0.15) is 0 Å². The van der Waals surface area contributed by atoms with E-state index in [2.05, 4.69) is 10.6 Å². The first-order valence-electron chi connectivity index (χ1n) is 6.09. The summed E-state index contributed by atoms with van der Waals surface area (Å²) in [4.78, 5) is 0. The molecule has 16 heavy (non-hydrogen) atoms. The lowest BCUT2D eigenvalue weighted by Crippen LogP contribution is -2.35. The summed E-state index contributed by atoms with van der Waals surface area (Å²) in [5.74, 6) is 0.883. The summed E-state index contributed by atoms with van der Waals surface area (Å²) in [5, 5.41) is 16.6. The monoisotopic (exact) mass is 218 g/mol. The van der Waals surface area contributed by atoms with Crippen molar-refractivity contribution in [1.29, 1.82) is 0 Å². The SMILES string of the molecule is Oc1ccc2c(c1)C(CNC1CC1)CNC2. The van der Waals surface area contributed by atoms with Crippen LogP contribution in [0.25, 0.3) is 0 Å². The fourth-order valence-electron chi connectivity index (χ4n) is 2.39. The van der Waals surface area contributed by atoms with Crippen LogP contribution < -0.4 is 10.6 Å². The smallest absolute Gasteiger partial charge is 0.115 e.